The fourth-order valence-corrected chi connectivity index (χ4v) is 3.28. The standard InChI is InChI=1S/C14H28O2.C8H20N/c1-2-3-4-5-6-7-8-9-10-11-12-13-14(15)16;1-5-9(6-2,7-3)8-4/h2-13H2,1H3,(H,15,16);5-8H2,1-4H3/q;+1/p-1. The number of hydrogen-bond acceptors (Lipinski definition) is 2. The van der Waals surface area contributed by atoms with Gasteiger partial charge < -0.3 is 14.4 Å². The van der Waals surface area contributed by atoms with Gasteiger partial charge >= 0.3 is 0 Å². The van der Waals surface area contributed by atoms with Crippen LogP contribution >= 0.6 is 0 Å². The van der Waals surface area contributed by atoms with Crippen LogP contribution in [0.4, 0.5) is 0 Å². The number of carbonyl (C=O) groups is 1. The number of carboxylic acid groups (broad SMARTS) is 1. The molecule has 0 N–H and O–H groups in total. The van der Waals surface area contributed by atoms with Gasteiger partial charge in [0.05, 0.1) is 26.2 Å². The summed E-state index contributed by atoms with van der Waals surface area (Å²) in [5.41, 5.74) is 0. The van der Waals surface area contributed by atoms with Gasteiger partial charge in [0.25, 0.3) is 0 Å². The lowest BCUT2D eigenvalue weighted by molar-refractivity contribution is -0.921. The van der Waals surface area contributed by atoms with Crippen molar-refractivity contribution >= 4 is 5.97 Å². The van der Waals surface area contributed by atoms with Crippen LogP contribution in [-0.4, -0.2) is 36.6 Å². The van der Waals surface area contributed by atoms with Crippen molar-refractivity contribution in [1.82, 2.24) is 0 Å². The number of carbonyl (C=O) groups excluding carboxylic acids is 1. The van der Waals surface area contributed by atoms with Crippen molar-refractivity contribution in [3.8, 4) is 0 Å². The van der Waals surface area contributed by atoms with Gasteiger partial charge in [-0.3, -0.25) is 0 Å². The van der Waals surface area contributed by atoms with Crippen LogP contribution in [0.3, 0.4) is 0 Å². The van der Waals surface area contributed by atoms with E-state index in [0.717, 1.165) is 12.8 Å². The Morgan fingerprint density at radius 2 is 0.920 bits per heavy atom. The van der Waals surface area contributed by atoms with E-state index in [4.69, 9.17) is 0 Å². The Labute approximate surface area is 158 Å². The van der Waals surface area contributed by atoms with Crippen molar-refractivity contribution < 1.29 is 14.4 Å². The van der Waals surface area contributed by atoms with Gasteiger partial charge in [0.15, 0.2) is 0 Å². The molecule has 3 nitrogen and oxygen atoms in total. The minimum absolute atomic E-state index is 0.233. The smallest absolute Gasteiger partial charge is 0.0757 e. The van der Waals surface area contributed by atoms with Gasteiger partial charge in [0.2, 0.25) is 0 Å². The number of aliphatic carboxylic acids is 1. The fraction of sp³-hybridized carbons (Fsp3) is 0.955. The summed E-state index contributed by atoms with van der Waals surface area (Å²) >= 11 is 0. The Morgan fingerprint density at radius 1 is 0.600 bits per heavy atom. The minimum atomic E-state index is -0.907. The summed E-state index contributed by atoms with van der Waals surface area (Å²) in [4.78, 5) is 10.1. The fourth-order valence-electron chi connectivity index (χ4n) is 3.28. The number of quaternary nitrogens is 1. The summed E-state index contributed by atoms with van der Waals surface area (Å²) in [7, 11) is 0. The molecule has 0 aliphatic rings. The molecule has 0 fully saturated rings. The first kappa shape index (κ1) is 26.7. The minimum Gasteiger partial charge on any atom is -0.550 e. The van der Waals surface area contributed by atoms with Crippen molar-refractivity contribution in [2.75, 3.05) is 26.2 Å². The number of nitrogens with zero attached hydrogens (tertiary/aromatic N) is 1. The van der Waals surface area contributed by atoms with E-state index >= 15 is 0 Å². The molecule has 0 spiro atoms. The van der Waals surface area contributed by atoms with E-state index in [0.29, 0.717) is 0 Å². The molecule has 3 heteroatoms. The molecule has 0 heterocycles. The molecule has 0 amide bonds. The largest absolute Gasteiger partial charge is 0.550 e. The van der Waals surface area contributed by atoms with Crippen molar-refractivity contribution in [2.24, 2.45) is 0 Å². The first-order chi connectivity index (χ1) is 12.0. The van der Waals surface area contributed by atoms with Crippen LogP contribution in [0.15, 0.2) is 0 Å². The highest BCUT2D eigenvalue weighted by molar-refractivity contribution is 5.63. The van der Waals surface area contributed by atoms with Crippen molar-refractivity contribution in [1.29, 1.82) is 0 Å². The number of rotatable bonds is 16. The molecule has 0 aromatic rings. The number of unbranched alkanes of at least 4 members (excludes halogenated alkanes) is 10. The molecule has 0 unspecified atom stereocenters. The average Bonchev–Trinajstić information content (AvgIpc) is 2.62. The van der Waals surface area contributed by atoms with Crippen LogP contribution in [0.1, 0.15) is 112 Å². The zero-order valence-electron chi connectivity index (χ0n) is 18.1. The normalized spacial score (nSPS) is 11.1. The molecule has 25 heavy (non-hydrogen) atoms. The summed E-state index contributed by atoms with van der Waals surface area (Å²) in [6.07, 6.45) is 14.0. The van der Waals surface area contributed by atoms with E-state index < -0.39 is 5.97 Å². The molecule has 0 aliphatic carbocycles. The van der Waals surface area contributed by atoms with Gasteiger partial charge in [0.1, 0.15) is 0 Å². The summed E-state index contributed by atoms with van der Waals surface area (Å²) in [6.45, 7) is 16.5. The van der Waals surface area contributed by atoms with Gasteiger partial charge in [-0.1, -0.05) is 71.1 Å². The number of carboxylic acids is 1. The predicted molar refractivity (Wildman–Crippen MR) is 109 cm³/mol. The second-order valence-electron chi connectivity index (χ2n) is 7.26. The lowest BCUT2D eigenvalue weighted by Gasteiger charge is -2.34. The van der Waals surface area contributed by atoms with Gasteiger partial charge in [-0.05, 0) is 40.5 Å². The first-order valence-corrected chi connectivity index (χ1v) is 11.1. The molecule has 0 radical (unpaired) electrons. The molecule has 0 aromatic carbocycles. The topological polar surface area (TPSA) is 40.1 Å². The van der Waals surface area contributed by atoms with Gasteiger partial charge in [-0.15, -0.1) is 0 Å². The zero-order valence-corrected chi connectivity index (χ0v) is 18.1. The molecule has 0 bridgehead atoms. The highest BCUT2D eigenvalue weighted by Gasteiger charge is 2.16. The highest BCUT2D eigenvalue weighted by atomic mass is 16.4. The molecule has 0 atom stereocenters. The van der Waals surface area contributed by atoms with Crippen LogP contribution in [-0.2, 0) is 4.79 Å². The van der Waals surface area contributed by atoms with Crippen LogP contribution in [0.25, 0.3) is 0 Å². The Bertz CT molecular complexity index is 258. The quantitative estimate of drug-likeness (QED) is 0.277. The van der Waals surface area contributed by atoms with E-state index in [2.05, 4.69) is 34.6 Å². The van der Waals surface area contributed by atoms with E-state index in [1.807, 2.05) is 0 Å². The molecule has 0 saturated heterocycles. The second kappa shape index (κ2) is 19.8. The van der Waals surface area contributed by atoms with Crippen LogP contribution in [0, 0.1) is 0 Å². The molecule has 0 saturated carbocycles. The zero-order chi connectivity index (χ0) is 19.4. The lowest BCUT2D eigenvalue weighted by Crippen LogP contribution is -2.47. The molecule has 152 valence electrons. The van der Waals surface area contributed by atoms with Crippen LogP contribution < -0.4 is 5.11 Å². The van der Waals surface area contributed by atoms with Crippen LogP contribution in [0.2, 0.25) is 0 Å². The van der Waals surface area contributed by atoms with E-state index in [1.54, 1.807) is 0 Å². The maximum atomic E-state index is 10.1. The summed E-state index contributed by atoms with van der Waals surface area (Å²) in [5.74, 6) is -0.907. The van der Waals surface area contributed by atoms with Crippen molar-refractivity contribution in [3.63, 3.8) is 0 Å². The SMILES string of the molecule is CCCCCCCCCCCCCC(=O)[O-].CC[N+](CC)(CC)CC. The summed E-state index contributed by atoms with van der Waals surface area (Å²) in [6, 6.07) is 0. The first-order valence-electron chi connectivity index (χ1n) is 11.1. The van der Waals surface area contributed by atoms with Gasteiger partial charge in [-0.2, -0.15) is 0 Å². The van der Waals surface area contributed by atoms with Crippen molar-refractivity contribution in [2.45, 2.75) is 112 Å². The number of hydrogen-bond donors (Lipinski definition) is 0. The molecular weight excluding hydrogens is 310 g/mol. The Morgan fingerprint density at radius 3 is 1.16 bits per heavy atom. The third kappa shape index (κ3) is 18.0. The maximum Gasteiger partial charge on any atom is 0.0757 e. The summed E-state index contributed by atoms with van der Waals surface area (Å²) in [5, 5.41) is 10.1. The monoisotopic (exact) mass is 357 g/mol. The molecule has 0 aliphatic heterocycles. The predicted octanol–water partition coefficient (Wildman–Crippen LogP) is 5.32. The molecule has 0 rings (SSSR count). The summed E-state index contributed by atoms with van der Waals surface area (Å²) < 4.78 is 1.28. The molecule has 0 aromatic heterocycles. The second-order valence-corrected chi connectivity index (χ2v) is 7.26. The Kier molecular flexibility index (Phi) is 21.1. The van der Waals surface area contributed by atoms with Gasteiger partial charge in [0, 0.05) is 5.97 Å². The Balaban J connectivity index is 0. The Hall–Kier alpha value is -0.570. The van der Waals surface area contributed by atoms with E-state index in [1.165, 1.54) is 88.4 Å². The third-order valence-electron chi connectivity index (χ3n) is 5.67. The maximum absolute atomic E-state index is 10.1. The molecular formula is C22H47NO2. The van der Waals surface area contributed by atoms with Gasteiger partial charge in [-0.25, -0.2) is 0 Å². The average molecular weight is 358 g/mol. The third-order valence-corrected chi connectivity index (χ3v) is 5.67. The van der Waals surface area contributed by atoms with Crippen LogP contribution in [0.5, 0.6) is 0 Å². The van der Waals surface area contributed by atoms with E-state index in [9.17, 15) is 9.90 Å². The van der Waals surface area contributed by atoms with E-state index in [-0.39, 0.29) is 6.42 Å². The van der Waals surface area contributed by atoms with Crippen molar-refractivity contribution in [3.05, 3.63) is 0 Å². The highest BCUT2D eigenvalue weighted by Crippen LogP contribution is 2.11. The lowest BCUT2D eigenvalue weighted by atomic mass is 10.1.